The van der Waals surface area contributed by atoms with Gasteiger partial charge in [0.15, 0.2) is 0 Å². The molecule has 0 bridgehead atoms. The van der Waals surface area contributed by atoms with Crippen LogP contribution in [0.25, 0.3) is 0 Å². The third-order valence-electron chi connectivity index (χ3n) is 30.6. The van der Waals surface area contributed by atoms with E-state index in [4.69, 9.17) is 21.1 Å². The van der Waals surface area contributed by atoms with Crippen LogP contribution in [0, 0.1) is 47.4 Å². The van der Waals surface area contributed by atoms with E-state index in [1.807, 2.05) is 103 Å². The number of hydrogen-bond acceptors (Lipinski definition) is 8. The predicted octanol–water partition coefficient (Wildman–Crippen LogP) is 39.6. The number of benzene rings is 18. The first-order valence-electron chi connectivity index (χ1n) is 51.9. The standard InChI is InChI=1S/C24H24OS.C23H19F3S.C23H22OS.C23H22S.C22H19ClS.C22H19FS/c1-4-17-9-10-19(15-22(17)25-3)16(2)18-11-12-24-21(13-18)14-20-7-5-6-8-23(20)26-24;1-14-7-8-17(13-20(14)23(24,25)26)15(2)16-9-10-22-19(11-16)12-18-5-3-4-6-21(18)27-22;1-15-8-9-18(14-21(15)24-3)16(2)17-10-11-23-20(12-17)13-19-6-4-5-7-22(19)25-23;1-15-8-9-18(12-16(15)2)17(3)19-10-11-23-21(13-19)14-20-6-4-5-7-22(20)24-23;2*1-14-7-8-17(13-20(14)23)15(2)16-9-10-22-19(11-16)12-18-5-3-4-6-21(18)24-22/h5-13,15-16H,4,14H2,1-3H3;3-11,13,15H,12H2,1-2H3;4-12,14,16H,13H2,1-3H3;4-13,17H,14H2,1-3H3;2*3-11,13,15H,12H2,1-2H3. The van der Waals surface area contributed by atoms with Gasteiger partial charge in [-0.1, -0.05) is 391 Å². The van der Waals surface area contributed by atoms with Crippen LogP contribution in [0.2, 0.25) is 5.02 Å². The molecule has 0 N–H and O–H groups in total. The molecule has 756 valence electrons. The Morgan fingerprint density at radius 1 is 0.240 bits per heavy atom. The number of rotatable bonds is 15. The topological polar surface area (TPSA) is 18.5 Å². The van der Waals surface area contributed by atoms with Crippen LogP contribution in [0.15, 0.2) is 423 Å². The summed E-state index contributed by atoms with van der Waals surface area (Å²) in [5.74, 6) is 3.40. The number of aryl methyl sites for hydroxylation is 7. The second-order valence-electron chi connectivity index (χ2n) is 40.4. The first-order valence-corrected chi connectivity index (χ1v) is 57.2. The molecule has 24 rings (SSSR count). The minimum atomic E-state index is -4.32. The largest absolute Gasteiger partial charge is 0.496 e. The quantitative estimate of drug-likeness (QED) is 0.0934. The Kier molecular flexibility index (Phi) is 33.4. The van der Waals surface area contributed by atoms with E-state index in [0.717, 1.165) is 78.2 Å². The zero-order valence-electron chi connectivity index (χ0n) is 87.7. The van der Waals surface area contributed by atoms with Gasteiger partial charge in [0, 0.05) is 99.3 Å². The van der Waals surface area contributed by atoms with Gasteiger partial charge in [-0.2, -0.15) is 13.2 Å². The fourth-order valence-electron chi connectivity index (χ4n) is 20.7. The molecule has 6 heterocycles. The van der Waals surface area contributed by atoms with Crippen LogP contribution in [0.1, 0.15) is 262 Å². The van der Waals surface area contributed by atoms with Crippen molar-refractivity contribution in [1.82, 2.24) is 0 Å². The van der Waals surface area contributed by atoms with E-state index in [1.165, 1.54) is 211 Å². The molecule has 150 heavy (non-hydrogen) atoms. The van der Waals surface area contributed by atoms with Gasteiger partial charge < -0.3 is 9.47 Å². The summed E-state index contributed by atoms with van der Waals surface area (Å²) in [4.78, 5) is 16.3. The summed E-state index contributed by atoms with van der Waals surface area (Å²) in [5.41, 5.74) is 38.4. The highest BCUT2D eigenvalue weighted by Crippen LogP contribution is 2.50. The molecule has 6 atom stereocenters. The molecule has 0 radical (unpaired) electrons. The third kappa shape index (κ3) is 24.4. The van der Waals surface area contributed by atoms with Crippen molar-refractivity contribution in [2.75, 3.05) is 14.2 Å². The van der Waals surface area contributed by atoms with Crippen molar-refractivity contribution in [2.24, 2.45) is 0 Å². The van der Waals surface area contributed by atoms with Gasteiger partial charge in [-0.25, -0.2) is 4.39 Å². The summed E-state index contributed by atoms with van der Waals surface area (Å²) in [6.45, 7) is 27.2. The summed E-state index contributed by atoms with van der Waals surface area (Å²) < 4.78 is 64.8. The van der Waals surface area contributed by atoms with Crippen LogP contribution in [-0.2, 0) is 51.1 Å². The number of alkyl halides is 3. The summed E-state index contributed by atoms with van der Waals surface area (Å²) >= 11 is 17.5. The van der Waals surface area contributed by atoms with E-state index in [2.05, 4.69) is 372 Å². The second-order valence-corrected chi connectivity index (χ2v) is 47.3. The Balaban J connectivity index is 0.000000113. The van der Waals surface area contributed by atoms with Gasteiger partial charge in [-0.15, -0.1) is 0 Å². The van der Waals surface area contributed by atoms with Crippen LogP contribution >= 0.6 is 82.2 Å². The Labute approximate surface area is 915 Å². The first-order chi connectivity index (χ1) is 72.5. The lowest BCUT2D eigenvalue weighted by Gasteiger charge is -2.22. The summed E-state index contributed by atoms with van der Waals surface area (Å²) in [6, 6.07) is 129. The first kappa shape index (κ1) is 106. The minimum Gasteiger partial charge on any atom is -0.496 e. The Morgan fingerprint density at radius 3 is 0.760 bits per heavy atom. The van der Waals surface area contributed by atoms with E-state index in [9.17, 15) is 17.6 Å². The number of hydrogen-bond donors (Lipinski definition) is 0. The molecule has 0 spiro atoms. The minimum absolute atomic E-state index is 0.0980. The van der Waals surface area contributed by atoms with Crippen molar-refractivity contribution in [3.63, 3.8) is 0 Å². The maximum atomic E-state index is 13.9. The highest BCUT2D eigenvalue weighted by Gasteiger charge is 2.34. The van der Waals surface area contributed by atoms with E-state index in [1.54, 1.807) is 51.1 Å². The van der Waals surface area contributed by atoms with Crippen molar-refractivity contribution in [2.45, 2.75) is 235 Å². The molecule has 0 aliphatic carbocycles. The third-order valence-corrected chi connectivity index (χ3v) is 38.4. The Bertz CT molecular complexity index is 7670. The normalized spacial score (nSPS) is 13.9. The highest BCUT2D eigenvalue weighted by atomic mass is 35.5. The fraction of sp³-hybridized carbons (Fsp3) is 0.212. The van der Waals surface area contributed by atoms with Gasteiger partial charge in [0.2, 0.25) is 0 Å². The van der Waals surface area contributed by atoms with Gasteiger partial charge in [0.1, 0.15) is 17.3 Å². The van der Waals surface area contributed by atoms with E-state index < -0.39 is 11.7 Å². The average molecular weight is 2110 g/mol. The number of methoxy groups -OCH3 is 2. The van der Waals surface area contributed by atoms with Gasteiger partial charge in [0.05, 0.1) is 19.8 Å². The van der Waals surface area contributed by atoms with Crippen LogP contribution < -0.4 is 9.47 Å². The van der Waals surface area contributed by atoms with Crippen LogP contribution in [-0.4, -0.2) is 14.2 Å². The molecule has 0 saturated carbocycles. The van der Waals surface area contributed by atoms with Crippen molar-refractivity contribution in [3.05, 3.63) is 553 Å². The van der Waals surface area contributed by atoms with E-state index in [0.29, 0.717) is 34.8 Å². The van der Waals surface area contributed by atoms with E-state index >= 15 is 0 Å². The fourth-order valence-corrected chi connectivity index (χ4v) is 27.2. The molecular weight excluding hydrogens is 1980 g/mol. The molecule has 13 heteroatoms. The van der Waals surface area contributed by atoms with Gasteiger partial charge in [-0.3, -0.25) is 0 Å². The van der Waals surface area contributed by atoms with Gasteiger partial charge >= 0.3 is 6.18 Å². The molecule has 0 saturated heterocycles. The lowest BCUT2D eigenvalue weighted by atomic mass is 9.89. The second kappa shape index (κ2) is 47.3. The summed E-state index contributed by atoms with van der Waals surface area (Å²) in [7, 11) is 3.50. The van der Waals surface area contributed by atoms with Crippen molar-refractivity contribution in [3.8, 4) is 11.5 Å². The van der Waals surface area contributed by atoms with Gasteiger partial charge in [-0.05, 0) is 362 Å². The van der Waals surface area contributed by atoms with E-state index in [-0.39, 0.29) is 23.2 Å². The zero-order chi connectivity index (χ0) is 105. The molecule has 0 fully saturated rings. The molecule has 18 aromatic rings. The predicted molar refractivity (Wildman–Crippen MR) is 624 cm³/mol. The monoisotopic (exact) mass is 2100 g/mol. The van der Waals surface area contributed by atoms with Crippen molar-refractivity contribution < 1.29 is 27.0 Å². The zero-order valence-corrected chi connectivity index (χ0v) is 93.4. The number of ether oxygens (including phenoxy) is 2. The van der Waals surface area contributed by atoms with Gasteiger partial charge in [0.25, 0.3) is 0 Å². The Morgan fingerprint density at radius 2 is 0.473 bits per heavy atom. The summed E-state index contributed by atoms with van der Waals surface area (Å²) in [5, 5.41) is 0.849. The maximum absolute atomic E-state index is 13.9. The lowest BCUT2D eigenvalue weighted by molar-refractivity contribution is -0.138. The maximum Gasteiger partial charge on any atom is 0.416 e. The van der Waals surface area contributed by atoms with Crippen LogP contribution in [0.4, 0.5) is 17.6 Å². The SMILES string of the molecule is CCc1ccc(C(C)c2ccc3c(c2)Cc2ccccc2S3)cc1OC.COc1cc(C(C)c2ccc3c(c2)Cc2ccccc2S3)ccc1C.Cc1ccc(C(C)c2ccc3c(c2)Cc2ccccc2S3)cc1C.Cc1ccc(C(C)c2ccc3c(c2)Cc2ccccc2S3)cc1C(F)(F)F.Cc1ccc(C(C)c2ccc3c(c2)Cc2ccccc2S3)cc1Cl.Cc1ccc(C(C)c2ccc3c(c2)Cc2ccccc2S3)cc1F. The molecule has 6 unspecified atom stereocenters. The molecule has 0 amide bonds. The number of fused-ring (bicyclic) bond motifs is 12. The van der Waals surface area contributed by atoms with Crippen molar-refractivity contribution >= 4 is 82.2 Å². The molecule has 2 nitrogen and oxygen atoms in total. The lowest BCUT2D eigenvalue weighted by Crippen LogP contribution is -2.09. The Hall–Kier alpha value is -12.3. The molecule has 0 aromatic heterocycles. The molecular formula is C137H125ClF4O2S6. The van der Waals surface area contributed by atoms with Crippen LogP contribution in [0.3, 0.4) is 0 Å². The van der Waals surface area contributed by atoms with Crippen LogP contribution in [0.5, 0.6) is 11.5 Å². The molecule has 6 aliphatic rings. The molecule has 18 aromatic carbocycles. The number of halogens is 5. The highest BCUT2D eigenvalue weighted by molar-refractivity contribution is 8.00. The average Bonchev–Trinajstić information content (AvgIpc) is 0.805. The summed E-state index contributed by atoms with van der Waals surface area (Å²) in [6.07, 6.45) is 2.62. The van der Waals surface area contributed by atoms with Crippen molar-refractivity contribution in [1.29, 1.82) is 0 Å². The smallest absolute Gasteiger partial charge is 0.416 e. The molecule has 6 aliphatic heterocycles.